The first kappa shape index (κ1) is 12.0. The van der Waals surface area contributed by atoms with Crippen LogP contribution in [0.3, 0.4) is 0 Å². The zero-order valence-electron chi connectivity index (χ0n) is 10.9. The lowest BCUT2D eigenvalue weighted by Crippen LogP contribution is -2.52. The first-order valence-corrected chi connectivity index (χ1v) is 6.54. The number of piperazine rings is 1. The number of nitrogens with one attached hydrogen (secondary N) is 1. The van der Waals surface area contributed by atoms with Gasteiger partial charge >= 0.3 is 6.03 Å². The lowest BCUT2D eigenvalue weighted by molar-refractivity contribution is 0.112. The number of urea groups is 1. The summed E-state index contributed by atoms with van der Waals surface area (Å²) in [5.41, 5.74) is 2.97. The van der Waals surface area contributed by atoms with Gasteiger partial charge in [0.2, 0.25) is 0 Å². The van der Waals surface area contributed by atoms with Crippen LogP contribution in [0.1, 0.15) is 15.9 Å². The highest BCUT2D eigenvalue weighted by Crippen LogP contribution is 2.25. The third kappa shape index (κ3) is 2.05. The zero-order chi connectivity index (χ0) is 13.4. The van der Waals surface area contributed by atoms with E-state index in [2.05, 4.69) is 10.2 Å². The highest BCUT2D eigenvalue weighted by molar-refractivity contribution is 5.78. The monoisotopic (exact) mass is 259 g/mol. The van der Waals surface area contributed by atoms with Gasteiger partial charge in [0, 0.05) is 37.4 Å². The molecule has 0 saturated carbocycles. The maximum absolute atomic E-state index is 11.6. The van der Waals surface area contributed by atoms with Gasteiger partial charge in [-0.15, -0.1) is 0 Å². The number of carbonyl (C=O) groups excluding carboxylic acids is 2. The van der Waals surface area contributed by atoms with E-state index in [9.17, 15) is 9.59 Å². The highest BCUT2D eigenvalue weighted by atomic mass is 16.2. The number of nitrogens with zero attached hydrogens (tertiary/aromatic N) is 2. The molecule has 5 heteroatoms. The Morgan fingerprint density at radius 2 is 2.21 bits per heavy atom. The molecule has 0 aromatic heterocycles. The number of anilines is 1. The summed E-state index contributed by atoms with van der Waals surface area (Å²) in [6.45, 7) is 5.18. The van der Waals surface area contributed by atoms with Crippen LogP contribution in [-0.2, 0) is 0 Å². The number of carbonyl (C=O) groups is 2. The number of aldehydes is 1. The van der Waals surface area contributed by atoms with Crippen molar-refractivity contribution in [3.05, 3.63) is 29.3 Å². The molecule has 2 heterocycles. The molecular formula is C14H17N3O2. The summed E-state index contributed by atoms with van der Waals surface area (Å²) < 4.78 is 0. The summed E-state index contributed by atoms with van der Waals surface area (Å²) in [7, 11) is 0. The molecule has 3 rings (SSSR count). The molecule has 1 unspecified atom stereocenters. The van der Waals surface area contributed by atoms with E-state index in [4.69, 9.17) is 0 Å². The standard InChI is InChI=1S/C14H17N3O2/c1-10-6-11(9-18)2-3-13(10)16-4-5-17-12(8-16)7-15-14(17)19/h2-3,6,9,12H,4-5,7-8H2,1H3,(H,15,19). The van der Waals surface area contributed by atoms with E-state index < -0.39 is 0 Å². The first-order chi connectivity index (χ1) is 9.19. The van der Waals surface area contributed by atoms with Crippen molar-refractivity contribution >= 4 is 18.0 Å². The smallest absolute Gasteiger partial charge is 0.317 e. The van der Waals surface area contributed by atoms with E-state index in [0.29, 0.717) is 5.56 Å². The summed E-state index contributed by atoms with van der Waals surface area (Å²) in [5, 5.41) is 2.88. The van der Waals surface area contributed by atoms with Gasteiger partial charge in [-0.2, -0.15) is 0 Å². The van der Waals surface area contributed by atoms with Gasteiger partial charge in [0.1, 0.15) is 6.29 Å². The fourth-order valence-corrected chi connectivity index (χ4v) is 2.93. The van der Waals surface area contributed by atoms with Gasteiger partial charge in [-0.1, -0.05) is 0 Å². The molecule has 2 aliphatic rings. The Labute approximate surface area is 112 Å². The summed E-state index contributed by atoms with van der Waals surface area (Å²) in [6, 6.07) is 6.06. The van der Waals surface area contributed by atoms with E-state index in [0.717, 1.165) is 43.7 Å². The Kier molecular flexibility index (Phi) is 2.89. The van der Waals surface area contributed by atoms with Crippen LogP contribution in [-0.4, -0.2) is 49.4 Å². The third-order valence-corrected chi connectivity index (χ3v) is 3.93. The van der Waals surface area contributed by atoms with Crippen LogP contribution < -0.4 is 10.2 Å². The van der Waals surface area contributed by atoms with E-state index in [-0.39, 0.29) is 12.1 Å². The van der Waals surface area contributed by atoms with E-state index >= 15 is 0 Å². The zero-order valence-corrected chi connectivity index (χ0v) is 10.9. The fraction of sp³-hybridized carbons (Fsp3) is 0.429. The normalized spacial score (nSPS) is 22.2. The van der Waals surface area contributed by atoms with Crippen LogP contribution >= 0.6 is 0 Å². The van der Waals surface area contributed by atoms with Gasteiger partial charge < -0.3 is 15.1 Å². The number of hydrogen-bond donors (Lipinski definition) is 1. The molecule has 2 aliphatic heterocycles. The van der Waals surface area contributed by atoms with Crippen molar-refractivity contribution < 1.29 is 9.59 Å². The van der Waals surface area contributed by atoms with Crippen LogP contribution in [0, 0.1) is 6.92 Å². The molecule has 2 amide bonds. The Morgan fingerprint density at radius 1 is 1.37 bits per heavy atom. The fourth-order valence-electron chi connectivity index (χ4n) is 2.93. The van der Waals surface area contributed by atoms with Crippen molar-refractivity contribution in [2.45, 2.75) is 13.0 Å². The summed E-state index contributed by atoms with van der Waals surface area (Å²) in [5.74, 6) is 0. The summed E-state index contributed by atoms with van der Waals surface area (Å²) in [6.07, 6.45) is 0.869. The van der Waals surface area contributed by atoms with Gasteiger partial charge in [0.15, 0.2) is 0 Å². The second-order valence-corrected chi connectivity index (χ2v) is 5.14. The Morgan fingerprint density at radius 3 is 2.95 bits per heavy atom. The van der Waals surface area contributed by atoms with Crippen LogP contribution in [0.25, 0.3) is 0 Å². The molecule has 0 spiro atoms. The molecule has 2 saturated heterocycles. The van der Waals surface area contributed by atoms with Gasteiger partial charge in [0.05, 0.1) is 6.04 Å². The molecular weight excluding hydrogens is 242 g/mol. The quantitative estimate of drug-likeness (QED) is 0.807. The summed E-state index contributed by atoms with van der Waals surface area (Å²) >= 11 is 0. The van der Waals surface area contributed by atoms with Gasteiger partial charge in [-0.25, -0.2) is 4.79 Å². The van der Waals surface area contributed by atoms with Crippen molar-refractivity contribution in [1.29, 1.82) is 0 Å². The topological polar surface area (TPSA) is 52.7 Å². The van der Waals surface area contributed by atoms with E-state index in [1.807, 2.05) is 30.0 Å². The number of aryl methyl sites for hydroxylation is 1. The van der Waals surface area contributed by atoms with Gasteiger partial charge in [-0.3, -0.25) is 4.79 Å². The molecule has 0 aliphatic carbocycles. The second-order valence-electron chi connectivity index (χ2n) is 5.14. The van der Waals surface area contributed by atoms with Gasteiger partial charge in [-0.05, 0) is 30.7 Å². The molecule has 1 aromatic rings. The number of amides is 2. The van der Waals surface area contributed by atoms with E-state index in [1.165, 1.54) is 0 Å². The van der Waals surface area contributed by atoms with Crippen LogP contribution in [0.15, 0.2) is 18.2 Å². The van der Waals surface area contributed by atoms with Crippen molar-refractivity contribution in [3.8, 4) is 0 Å². The van der Waals surface area contributed by atoms with Crippen LogP contribution in [0.5, 0.6) is 0 Å². The minimum absolute atomic E-state index is 0.0534. The van der Waals surface area contributed by atoms with Crippen molar-refractivity contribution in [2.75, 3.05) is 31.1 Å². The Bertz CT molecular complexity index is 529. The third-order valence-electron chi connectivity index (χ3n) is 3.93. The number of hydrogen-bond acceptors (Lipinski definition) is 3. The SMILES string of the molecule is Cc1cc(C=O)ccc1N1CCN2C(=O)NCC2C1. The molecule has 5 nitrogen and oxygen atoms in total. The molecule has 0 radical (unpaired) electrons. The largest absolute Gasteiger partial charge is 0.367 e. The predicted molar refractivity (Wildman–Crippen MR) is 72.7 cm³/mol. The lowest BCUT2D eigenvalue weighted by Gasteiger charge is -2.38. The first-order valence-electron chi connectivity index (χ1n) is 6.54. The molecule has 2 fully saturated rings. The lowest BCUT2D eigenvalue weighted by atomic mass is 10.1. The van der Waals surface area contributed by atoms with E-state index in [1.54, 1.807) is 0 Å². The second kappa shape index (κ2) is 4.57. The minimum Gasteiger partial charge on any atom is -0.367 e. The van der Waals surface area contributed by atoms with Crippen LogP contribution in [0.2, 0.25) is 0 Å². The van der Waals surface area contributed by atoms with Gasteiger partial charge in [0.25, 0.3) is 0 Å². The summed E-state index contributed by atoms with van der Waals surface area (Å²) in [4.78, 5) is 26.5. The van der Waals surface area contributed by atoms with Crippen molar-refractivity contribution in [3.63, 3.8) is 0 Å². The average Bonchev–Trinajstić information content (AvgIpc) is 2.79. The highest BCUT2D eigenvalue weighted by Gasteiger charge is 2.35. The number of rotatable bonds is 2. The minimum atomic E-state index is 0.0534. The molecule has 1 atom stereocenters. The molecule has 1 N–H and O–H groups in total. The Balaban J connectivity index is 1.80. The average molecular weight is 259 g/mol. The molecule has 100 valence electrons. The Hall–Kier alpha value is -2.04. The molecule has 0 bridgehead atoms. The maximum Gasteiger partial charge on any atom is 0.317 e. The van der Waals surface area contributed by atoms with Crippen molar-refractivity contribution in [1.82, 2.24) is 10.2 Å². The predicted octanol–water partition coefficient (Wildman–Crippen LogP) is 1.02. The van der Waals surface area contributed by atoms with Crippen LogP contribution in [0.4, 0.5) is 10.5 Å². The number of fused-ring (bicyclic) bond motifs is 1. The van der Waals surface area contributed by atoms with Crippen molar-refractivity contribution in [2.24, 2.45) is 0 Å². The number of benzene rings is 1. The molecule has 19 heavy (non-hydrogen) atoms. The molecule has 1 aromatic carbocycles. The maximum atomic E-state index is 11.6.